The van der Waals surface area contributed by atoms with Crippen molar-refractivity contribution in [3.63, 3.8) is 0 Å². The van der Waals surface area contributed by atoms with Crippen molar-refractivity contribution >= 4 is 29.0 Å². The van der Waals surface area contributed by atoms with E-state index in [1.807, 2.05) is 20.8 Å². The number of fused-ring (bicyclic) bond motifs is 1. The normalized spacial score (nSPS) is 44.6. The van der Waals surface area contributed by atoms with Gasteiger partial charge in [0.2, 0.25) is 0 Å². The van der Waals surface area contributed by atoms with Crippen molar-refractivity contribution in [3.8, 4) is 0 Å². The summed E-state index contributed by atoms with van der Waals surface area (Å²) in [5, 5.41) is 0. The third kappa shape index (κ3) is 1.55. The molecule has 2 aliphatic heterocycles. The second-order valence-corrected chi connectivity index (χ2v) is 8.16. The van der Waals surface area contributed by atoms with E-state index in [1.165, 1.54) is 0 Å². The maximum Gasteiger partial charge on any atom is 0.167 e. The Morgan fingerprint density at radius 2 is 2.00 bits per heavy atom. The topological polar surface area (TPSA) is 26.3 Å². The zero-order valence-electron chi connectivity index (χ0n) is 11.1. The SMILES string of the molecule is CCC(C)(C)C(=O)C1OC2CC3C1CC2C3(Cl)Cl. The molecule has 5 atom stereocenters. The van der Waals surface area contributed by atoms with Gasteiger partial charge in [-0.1, -0.05) is 20.8 Å². The van der Waals surface area contributed by atoms with Crippen LogP contribution >= 0.6 is 23.2 Å². The molecular formula is C14H20Cl2O2. The molecule has 4 rings (SSSR count). The molecule has 2 nitrogen and oxygen atoms in total. The van der Waals surface area contributed by atoms with E-state index >= 15 is 0 Å². The van der Waals surface area contributed by atoms with Gasteiger partial charge in [0, 0.05) is 17.3 Å². The molecule has 0 N–H and O–H groups in total. The van der Waals surface area contributed by atoms with Gasteiger partial charge in [0.05, 0.1) is 6.10 Å². The van der Waals surface area contributed by atoms with Gasteiger partial charge in [0.25, 0.3) is 0 Å². The van der Waals surface area contributed by atoms with Crippen molar-refractivity contribution in [2.45, 2.75) is 56.6 Å². The molecule has 2 aliphatic carbocycles. The van der Waals surface area contributed by atoms with Gasteiger partial charge in [-0.15, -0.1) is 23.2 Å². The molecule has 0 aromatic carbocycles. The minimum Gasteiger partial charge on any atom is -0.366 e. The molecule has 18 heavy (non-hydrogen) atoms. The Hall–Kier alpha value is 0.210. The standard InChI is InChI=1S/C14H20Cl2O2/c1-4-13(2,3)12(17)11-7-5-9-10(18-11)6-8(7)14(9,15)16/h7-11H,4-6H2,1-3H3. The molecule has 0 aromatic heterocycles. The summed E-state index contributed by atoms with van der Waals surface area (Å²) in [7, 11) is 0. The Kier molecular flexibility index (Phi) is 2.83. The molecule has 4 heteroatoms. The summed E-state index contributed by atoms with van der Waals surface area (Å²) in [4.78, 5) is 12.6. The number of carbonyl (C=O) groups excluding carboxylic acids is 1. The van der Waals surface area contributed by atoms with Crippen LogP contribution in [-0.4, -0.2) is 22.3 Å². The molecule has 102 valence electrons. The average molecular weight is 291 g/mol. The predicted molar refractivity (Wildman–Crippen MR) is 71.9 cm³/mol. The van der Waals surface area contributed by atoms with Crippen LogP contribution in [-0.2, 0) is 9.53 Å². The molecule has 4 fully saturated rings. The van der Waals surface area contributed by atoms with Crippen LogP contribution in [0.4, 0.5) is 0 Å². The summed E-state index contributed by atoms with van der Waals surface area (Å²) >= 11 is 12.9. The molecule has 2 saturated heterocycles. The van der Waals surface area contributed by atoms with Gasteiger partial charge >= 0.3 is 0 Å². The molecule has 2 saturated carbocycles. The molecule has 0 radical (unpaired) electrons. The monoisotopic (exact) mass is 290 g/mol. The molecule has 0 amide bonds. The van der Waals surface area contributed by atoms with E-state index in [0.717, 1.165) is 19.3 Å². The van der Waals surface area contributed by atoms with Crippen molar-refractivity contribution in [1.29, 1.82) is 0 Å². The summed E-state index contributed by atoms with van der Waals surface area (Å²) < 4.78 is 5.34. The summed E-state index contributed by atoms with van der Waals surface area (Å²) in [5.41, 5.74) is -0.312. The minimum absolute atomic E-state index is 0.0941. The van der Waals surface area contributed by atoms with Gasteiger partial charge in [0.1, 0.15) is 10.4 Å². The maximum absolute atomic E-state index is 12.6. The molecule has 4 aliphatic rings. The van der Waals surface area contributed by atoms with Gasteiger partial charge in [-0.2, -0.15) is 0 Å². The van der Waals surface area contributed by atoms with Gasteiger partial charge in [0.15, 0.2) is 5.78 Å². The highest BCUT2D eigenvalue weighted by molar-refractivity contribution is 6.49. The summed E-state index contributed by atoms with van der Waals surface area (Å²) in [6.07, 6.45) is 2.54. The molecule has 0 spiro atoms. The second-order valence-electron chi connectivity index (χ2n) is 6.72. The number of Topliss-reactive ketones (excluding diaryl/α,β-unsaturated/α-hetero) is 1. The Morgan fingerprint density at radius 1 is 1.33 bits per heavy atom. The third-order valence-corrected chi connectivity index (χ3v) is 6.61. The highest BCUT2D eigenvalue weighted by atomic mass is 35.5. The van der Waals surface area contributed by atoms with Crippen LogP contribution in [0.2, 0.25) is 0 Å². The van der Waals surface area contributed by atoms with Crippen molar-refractivity contribution in [2.24, 2.45) is 23.2 Å². The van der Waals surface area contributed by atoms with E-state index in [-0.39, 0.29) is 41.2 Å². The number of hydrogen-bond acceptors (Lipinski definition) is 2. The Labute approximate surface area is 118 Å². The number of hydrogen-bond donors (Lipinski definition) is 0. The smallest absolute Gasteiger partial charge is 0.167 e. The summed E-state index contributed by atoms with van der Waals surface area (Å²) in [5.74, 6) is 0.929. The number of halogens is 2. The molecular weight excluding hydrogens is 271 g/mol. The lowest BCUT2D eigenvalue weighted by atomic mass is 9.72. The third-order valence-electron chi connectivity index (χ3n) is 5.49. The fourth-order valence-corrected chi connectivity index (χ4v) is 4.87. The van der Waals surface area contributed by atoms with Crippen molar-refractivity contribution < 1.29 is 9.53 Å². The second kappa shape index (κ2) is 3.86. The average Bonchev–Trinajstić information content (AvgIpc) is 2.71. The minimum atomic E-state index is -0.666. The van der Waals surface area contributed by atoms with Crippen molar-refractivity contribution in [2.75, 3.05) is 0 Å². The largest absolute Gasteiger partial charge is 0.366 e. The first-order valence-corrected chi connectivity index (χ1v) is 7.62. The first-order chi connectivity index (χ1) is 8.29. The van der Waals surface area contributed by atoms with Gasteiger partial charge in [-0.05, 0) is 25.2 Å². The lowest BCUT2D eigenvalue weighted by Crippen LogP contribution is -2.50. The van der Waals surface area contributed by atoms with Crippen LogP contribution in [0.1, 0.15) is 40.0 Å². The Balaban J connectivity index is 1.86. The fourth-order valence-electron chi connectivity index (χ4n) is 3.91. The van der Waals surface area contributed by atoms with Crippen LogP contribution in [0, 0.1) is 23.2 Å². The van der Waals surface area contributed by atoms with Gasteiger partial charge < -0.3 is 4.74 Å². The number of ketones is 1. The van der Waals surface area contributed by atoms with Crippen molar-refractivity contribution in [3.05, 3.63) is 0 Å². The molecule has 5 unspecified atom stereocenters. The highest BCUT2D eigenvalue weighted by Crippen LogP contribution is 2.66. The summed E-state index contributed by atoms with van der Waals surface area (Å²) in [6.45, 7) is 6.05. The number of alkyl halides is 2. The van der Waals surface area contributed by atoms with Gasteiger partial charge in [-0.25, -0.2) is 0 Å². The van der Waals surface area contributed by atoms with E-state index in [4.69, 9.17) is 27.9 Å². The van der Waals surface area contributed by atoms with Crippen LogP contribution in [0.3, 0.4) is 0 Å². The zero-order chi connectivity index (χ0) is 13.3. The molecule has 2 heterocycles. The molecule has 4 bridgehead atoms. The van der Waals surface area contributed by atoms with E-state index in [0.29, 0.717) is 0 Å². The fraction of sp³-hybridized carbons (Fsp3) is 0.929. The van der Waals surface area contributed by atoms with E-state index in [2.05, 4.69) is 0 Å². The predicted octanol–water partition coefficient (Wildman–Crippen LogP) is 3.59. The first kappa shape index (κ1) is 13.2. The number of ether oxygens (including phenoxy) is 1. The Morgan fingerprint density at radius 3 is 2.44 bits per heavy atom. The number of carbonyl (C=O) groups is 1. The quantitative estimate of drug-likeness (QED) is 0.743. The van der Waals surface area contributed by atoms with E-state index in [9.17, 15) is 4.79 Å². The lowest BCUT2D eigenvalue weighted by molar-refractivity contribution is -0.169. The van der Waals surface area contributed by atoms with Crippen LogP contribution in [0.5, 0.6) is 0 Å². The zero-order valence-corrected chi connectivity index (χ0v) is 12.6. The summed E-state index contributed by atoms with van der Waals surface area (Å²) in [6, 6.07) is 0. The Bertz CT molecular complexity index is 391. The molecule has 0 aromatic rings. The maximum atomic E-state index is 12.6. The highest BCUT2D eigenvalue weighted by Gasteiger charge is 2.68. The van der Waals surface area contributed by atoms with E-state index in [1.54, 1.807) is 0 Å². The lowest BCUT2D eigenvalue weighted by Gasteiger charge is -2.43. The van der Waals surface area contributed by atoms with E-state index < -0.39 is 4.33 Å². The van der Waals surface area contributed by atoms with Crippen LogP contribution < -0.4 is 0 Å². The van der Waals surface area contributed by atoms with Crippen LogP contribution in [0.25, 0.3) is 0 Å². The van der Waals surface area contributed by atoms with Crippen LogP contribution in [0.15, 0.2) is 0 Å². The van der Waals surface area contributed by atoms with Gasteiger partial charge in [-0.3, -0.25) is 4.79 Å². The first-order valence-electron chi connectivity index (χ1n) is 6.86. The van der Waals surface area contributed by atoms with Crippen molar-refractivity contribution in [1.82, 2.24) is 0 Å². The number of rotatable bonds is 3.